The third-order valence-corrected chi connectivity index (χ3v) is 6.18. The molecule has 3 heterocycles. The van der Waals surface area contributed by atoms with E-state index in [1.807, 2.05) is 42.0 Å². The minimum Gasteiger partial charge on any atom is -0.503 e. The van der Waals surface area contributed by atoms with Crippen molar-refractivity contribution in [3.8, 4) is 5.75 Å². The maximum absolute atomic E-state index is 13.3. The highest BCUT2D eigenvalue weighted by Crippen LogP contribution is 2.40. The fourth-order valence-electron chi connectivity index (χ4n) is 3.84. The molecule has 1 aromatic carbocycles. The Labute approximate surface area is 190 Å². The number of rotatable bonds is 10. The van der Waals surface area contributed by atoms with Crippen molar-refractivity contribution in [1.82, 2.24) is 14.5 Å². The molecule has 1 N–H and O–H groups in total. The first kappa shape index (κ1) is 21.8. The summed E-state index contributed by atoms with van der Waals surface area (Å²) in [5.41, 5.74) is 0.853. The number of aryl methyl sites for hydroxylation is 1. The summed E-state index contributed by atoms with van der Waals surface area (Å²) in [5, 5.41) is 12.6. The van der Waals surface area contributed by atoms with Gasteiger partial charge in [0, 0.05) is 25.5 Å². The van der Waals surface area contributed by atoms with Gasteiger partial charge in [0.05, 0.1) is 29.4 Å². The first-order valence-electron chi connectivity index (χ1n) is 10.6. The number of ether oxygens (including phenoxy) is 1. The van der Waals surface area contributed by atoms with Gasteiger partial charge in [0.25, 0.3) is 5.91 Å². The molecule has 4 rings (SSSR count). The number of carbonyl (C=O) groups excluding carboxylic acids is 2. The van der Waals surface area contributed by atoms with Crippen LogP contribution in [-0.2, 0) is 11.3 Å². The molecule has 1 amide bonds. The monoisotopic (exact) mass is 451 g/mol. The molecule has 7 nitrogen and oxygen atoms in total. The molecular weight excluding hydrogens is 426 g/mol. The highest BCUT2D eigenvalue weighted by molar-refractivity contribution is 7.12. The van der Waals surface area contributed by atoms with Crippen LogP contribution in [0.4, 0.5) is 0 Å². The van der Waals surface area contributed by atoms with E-state index in [-0.39, 0.29) is 11.4 Å². The quantitative estimate of drug-likeness (QED) is 0.462. The highest BCUT2D eigenvalue weighted by atomic mass is 32.1. The number of aliphatic hydroxyl groups excluding tert-OH is 1. The lowest BCUT2D eigenvalue weighted by atomic mass is 9.95. The van der Waals surface area contributed by atoms with Gasteiger partial charge < -0.3 is 19.3 Å². The first-order chi connectivity index (χ1) is 15.6. The molecule has 0 bridgehead atoms. The Morgan fingerprint density at radius 3 is 2.84 bits per heavy atom. The standard InChI is InChI=1S/C24H25N3O4S/c1-2-13-31-18-7-3-6-17(15-18)21-20(22(28)19-8-4-14-32-19)23(29)24(30)27(21)11-5-10-26-12-9-25-16-26/h3-4,6-9,12,14-16,21,29H,2,5,10-11,13H2,1H3/t21-/m1/s1. The number of nitrogens with zero attached hydrogens (tertiary/aromatic N) is 3. The van der Waals surface area contributed by atoms with Crippen LogP contribution in [0, 0.1) is 0 Å². The second-order valence-electron chi connectivity index (χ2n) is 7.54. The molecule has 166 valence electrons. The number of amides is 1. The van der Waals surface area contributed by atoms with Crippen molar-refractivity contribution in [2.75, 3.05) is 13.2 Å². The van der Waals surface area contributed by atoms with Gasteiger partial charge in [-0.05, 0) is 42.0 Å². The second-order valence-corrected chi connectivity index (χ2v) is 8.49. The zero-order valence-electron chi connectivity index (χ0n) is 17.8. The topological polar surface area (TPSA) is 84.7 Å². The van der Waals surface area contributed by atoms with Gasteiger partial charge in [0.15, 0.2) is 5.76 Å². The van der Waals surface area contributed by atoms with E-state index in [1.54, 1.807) is 34.9 Å². The van der Waals surface area contributed by atoms with E-state index >= 15 is 0 Å². The SMILES string of the molecule is CCCOc1cccc([C@@H]2C(C(=O)c3cccs3)=C(O)C(=O)N2CCCn2ccnc2)c1. The lowest BCUT2D eigenvalue weighted by Crippen LogP contribution is -2.32. The van der Waals surface area contributed by atoms with Crippen LogP contribution >= 0.6 is 11.3 Å². The molecule has 0 unspecified atom stereocenters. The predicted molar refractivity (Wildman–Crippen MR) is 122 cm³/mol. The summed E-state index contributed by atoms with van der Waals surface area (Å²) >= 11 is 1.29. The van der Waals surface area contributed by atoms with E-state index in [1.165, 1.54) is 11.3 Å². The molecule has 0 saturated carbocycles. The van der Waals surface area contributed by atoms with E-state index in [0.717, 1.165) is 12.0 Å². The molecule has 1 aliphatic heterocycles. The molecule has 0 spiro atoms. The summed E-state index contributed by atoms with van der Waals surface area (Å²) in [6.45, 7) is 3.65. The summed E-state index contributed by atoms with van der Waals surface area (Å²) < 4.78 is 7.70. The normalized spacial score (nSPS) is 16.1. The highest BCUT2D eigenvalue weighted by Gasteiger charge is 2.43. The summed E-state index contributed by atoms with van der Waals surface area (Å²) in [5.74, 6) is -0.659. The lowest BCUT2D eigenvalue weighted by Gasteiger charge is -2.27. The molecule has 0 aliphatic carbocycles. The van der Waals surface area contributed by atoms with Crippen LogP contribution in [0.15, 0.2) is 71.8 Å². The van der Waals surface area contributed by atoms with Crippen molar-refractivity contribution in [2.24, 2.45) is 0 Å². The summed E-state index contributed by atoms with van der Waals surface area (Å²) in [4.78, 5) is 32.4. The van der Waals surface area contributed by atoms with Crippen molar-refractivity contribution >= 4 is 23.0 Å². The van der Waals surface area contributed by atoms with E-state index in [0.29, 0.717) is 36.7 Å². The van der Waals surface area contributed by atoms with Gasteiger partial charge in [-0.25, -0.2) is 4.98 Å². The average Bonchev–Trinajstić information content (AvgIpc) is 3.56. The number of hydrogen-bond acceptors (Lipinski definition) is 6. The largest absolute Gasteiger partial charge is 0.503 e. The van der Waals surface area contributed by atoms with Crippen molar-refractivity contribution in [3.63, 3.8) is 0 Å². The number of imidazole rings is 1. The molecule has 8 heteroatoms. The van der Waals surface area contributed by atoms with E-state index in [2.05, 4.69) is 4.98 Å². The summed E-state index contributed by atoms with van der Waals surface area (Å²) in [6, 6.07) is 10.2. The smallest absolute Gasteiger partial charge is 0.290 e. The lowest BCUT2D eigenvalue weighted by molar-refractivity contribution is -0.129. The number of hydrogen-bond donors (Lipinski definition) is 1. The molecule has 1 atom stereocenters. The molecular formula is C24H25N3O4S. The van der Waals surface area contributed by atoms with Gasteiger partial charge in [-0.2, -0.15) is 0 Å². The Morgan fingerprint density at radius 1 is 1.25 bits per heavy atom. The van der Waals surface area contributed by atoms with Gasteiger partial charge >= 0.3 is 0 Å². The van der Waals surface area contributed by atoms with Crippen LogP contribution in [-0.4, -0.2) is 44.4 Å². The van der Waals surface area contributed by atoms with Crippen molar-refractivity contribution < 1.29 is 19.4 Å². The van der Waals surface area contributed by atoms with E-state index < -0.39 is 17.7 Å². The number of thiophene rings is 1. The Kier molecular flexibility index (Phi) is 6.70. The molecule has 0 radical (unpaired) electrons. The number of benzene rings is 1. The van der Waals surface area contributed by atoms with Crippen molar-refractivity contribution in [2.45, 2.75) is 32.4 Å². The minimum atomic E-state index is -0.676. The van der Waals surface area contributed by atoms with Gasteiger partial charge in [-0.3, -0.25) is 9.59 Å². The van der Waals surface area contributed by atoms with Crippen molar-refractivity contribution in [3.05, 3.63) is 82.3 Å². The van der Waals surface area contributed by atoms with Crippen LogP contribution in [0.25, 0.3) is 0 Å². The number of aliphatic hydroxyl groups is 1. The van der Waals surface area contributed by atoms with Gasteiger partial charge in [-0.15, -0.1) is 11.3 Å². The zero-order chi connectivity index (χ0) is 22.5. The number of aromatic nitrogens is 2. The zero-order valence-corrected chi connectivity index (χ0v) is 18.6. The average molecular weight is 452 g/mol. The molecule has 3 aromatic rings. The maximum atomic E-state index is 13.3. The molecule has 0 fully saturated rings. The first-order valence-corrected chi connectivity index (χ1v) is 11.5. The Bertz CT molecular complexity index is 1110. The van der Waals surface area contributed by atoms with E-state index in [9.17, 15) is 14.7 Å². The molecule has 0 saturated heterocycles. The van der Waals surface area contributed by atoms with Crippen molar-refractivity contribution in [1.29, 1.82) is 0 Å². The van der Waals surface area contributed by atoms with Crippen LogP contribution in [0.1, 0.15) is 41.0 Å². The minimum absolute atomic E-state index is 0.118. The van der Waals surface area contributed by atoms with Gasteiger partial charge in [0.2, 0.25) is 5.78 Å². The fraction of sp³-hybridized carbons (Fsp3) is 0.292. The van der Waals surface area contributed by atoms with Crippen LogP contribution in [0.3, 0.4) is 0 Å². The van der Waals surface area contributed by atoms with Crippen LogP contribution in [0.5, 0.6) is 5.75 Å². The third kappa shape index (κ3) is 4.45. The Balaban J connectivity index is 1.66. The van der Waals surface area contributed by atoms with Crippen LogP contribution in [0.2, 0.25) is 0 Å². The number of ketones is 1. The van der Waals surface area contributed by atoms with E-state index in [4.69, 9.17) is 4.74 Å². The Hall–Kier alpha value is -3.39. The predicted octanol–water partition coefficient (Wildman–Crippen LogP) is 4.40. The molecule has 32 heavy (non-hydrogen) atoms. The molecule has 1 aliphatic rings. The summed E-state index contributed by atoms with van der Waals surface area (Å²) in [6.07, 6.45) is 6.81. The number of carbonyl (C=O) groups is 2. The summed E-state index contributed by atoms with van der Waals surface area (Å²) in [7, 11) is 0. The maximum Gasteiger partial charge on any atom is 0.290 e. The third-order valence-electron chi connectivity index (χ3n) is 5.31. The van der Waals surface area contributed by atoms with Crippen LogP contribution < -0.4 is 4.74 Å². The molecule has 2 aromatic heterocycles. The second kappa shape index (κ2) is 9.82. The number of Topliss-reactive ketones (excluding diaryl/α,β-unsaturated/α-hetero) is 1. The van der Waals surface area contributed by atoms with Gasteiger partial charge in [-0.1, -0.05) is 25.1 Å². The Morgan fingerprint density at radius 2 is 2.12 bits per heavy atom. The van der Waals surface area contributed by atoms with Gasteiger partial charge in [0.1, 0.15) is 5.75 Å². The fourth-order valence-corrected chi connectivity index (χ4v) is 4.52.